The summed E-state index contributed by atoms with van der Waals surface area (Å²) in [4.78, 5) is 0. The van der Waals surface area contributed by atoms with Gasteiger partial charge in [-0.2, -0.15) is 13.2 Å². The molecule has 2 rings (SSSR count). The summed E-state index contributed by atoms with van der Waals surface area (Å²) in [7, 11) is 0. The third kappa shape index (κ3) is 4.28. The van der Waals surface area contributed by atoms with Crippen molar-refractivity contribution in [1.82, 2.24) is 0 Å². The highest BCUT2D eigenvalue weighted by atomic mass is 79.9. The lowest BCUT2D eigenvalue weighted by Gasteiger charge is -2.12. The molecule has 0 fully saturated rings. The van der Waals surface area contributed by atoms with Gasteiger partial charge < -0.3 is 5.32 Å². The molecule has 0 atom stereocenters. The molecule has 7 heteroatoms. The third-order valence-corrected chi connectivity index (χ3v) is 3.95. The second kappa shape index (κ2) is 6.46. The van der Waals surface area contributed by atoms with Crippen molar-refractivity contribution in [3.63, 3.8) is 0 Å². The van der Waals surface area contributed by atoms with Gasteiger partial charge in [-0.15, -0.1) is 0 Å². The standard InChI is InChI=1S/C14H9BrCl2F3N/c15-10-2-3-11(16)8(5-10)7-21-13-4-1-9(6-12(13)17)14(18,19)20/h1-6,21H,7H2. The van der Waals surface area contributed by atoms with Gasteiger partial charge in [0.05, 0.1) is 16.3 Å². The van der Waals surface area contributed by atoms with Gasteiger partial charge in [-0.05, 0) is 42.0 Å². The first-order valence-electron chi connectivity index (χ1n) is 5.82. The van der Waals surface area contributed by atoms with Gasteiger partial charge in [0.15, 0.2) is 0 Å². The molecule has 21 heavy (non-hydrogen) atoms. The Morgan fingerprint density at radius 1 is 1.00 bits per heavy atom. The van der Waals surface area contributed by atoms with E-state index < -0.39 is 11.7 Å². The van der Waals surface area contributed by atoms with Crippen LogP contribution in [0, 0.1) is 0 Å². The minimum absolute atomic E-state index is 0.0101. The second-order valence-corrected chi connectivity index (χ2v) is 6.01. The van der Waals surface area contributed by atoms with Crippen LogP contribution in [0.15, 0.2) is 40.9 Å². The van der Waals surface area contributed by atoms with Gasteiger partial charge in [0.1, 0.15) is 0 Å². The van der Waals surface area contributed by atoms with Crippen molar-refractivity contribution in [3.05, 3.63) is 62.0 Å². The van der Waals surface area contributed by atoms with Crippen LogP contribution in [0.1, 0.15) is 11.1 Å². The van der Waals surface area contributed by atoms with E-state index in [-0.39, 0.29) is 5.02 Å². The minimum Gasteiger partial charge on any atom is -0.380 e. The third-order valence-electron chi connectivity index (χ3n) is 2.77. The Hall–Kier alpha value is -0.910. The van der Waals surface area contributed by atoms with Crippen LogP contribution in [0.5, 0.6) is 0 Å². The van der Waals surface area contributed by atoms with Crippen LogP contribution in [-0.4, -0.2) is 0 Å². The molecular weight excluding hydrogens is 390 g/mol. The van der Waals surface area contributed by atoms with E-state index in [1.807, 2.05) is 6.07 Å². The number of anilines is 1. The molecule has 112 valence electrons. The smallest absolute Gasteiger partial charge is 0.380 e. The zero-order chi connectivity index (χ0) is 15.6. The first-order chi connectivity index (χ1) is 9.77. The largest absolute Gasteiger partial charge is 0.416 e. The Balaban J connectivity index is 2.15. The Labute approximate surface area is 138 Å². The SMILES string of the molecule is FC(F)(F)c1ccc(NCc2cc(Br)ccc2Cl)c(Cl)c1. The molecule has 0 unspecified atom stereocenters. The molecule has 0 saturated heterocycles. The van der Waals surface area contributed by atoms with Crippen molar-refractivity contribution in [2.45, 2.75) is 12.7 Å². The van der Waals surface area contributed by atoms with Gasteiger partial charge in [-0.1, -0.05) is 39.1 Å². The first kappa shape index (κ1) is 16.5. The summed E-state index contributed by atoms with van der Waals surface area (Å²) in [5.41, 5.74) is 0.446. The van der Waals surface area contributed by atoms with Crippen molar-refractivity contribution in [2.24, 2.45) is 0 Å². The van der Waals surface area contributed by atoms with Crippen LogP contribution >= 0.6 is 39.1 Å². The molecule has 0 heterocycles. The fourth-order valence-electron chi connectivity index (χ4n) is 1.70. The molecule has 1 N–H and O–H groups in total. The maximum Gasteiger partial charge on any atom is 0.416 e. The highest BCUT2D eigenvalue weighted by Crippen LogP contribution is 2.34. The van der Waals surface area contributed by atoms with E-state index in [9.17, 15) is 13.2 Å². The zero-order valence-corrected chi connectivity index (χ0v) is 13.5. The van der Waals surface area contributed by atoms with E-state index in [2.05, 4.69) is 21.2 Å². The fraction of sp³-hybridized carbons (Fsp3) is 0.143. The number of hydrogen-bond donors (Lipinski definition) is 1. The van der Waals surface area contributed by atoms with Crippen LogP contribution < -0.4 is 5.32 Å². The van der Waals surface area contributed by atoms with E-state index >= 15 is 0 Å². The molecule has 1 nitrogen and oxygen atoms in total. The molecule has 0 amide bonds. The normalized spacial score (nSPS) is 11.5. The number of hydrogen-bond acceptors (Lipinski definition) is 1. The topological polar surface area (TPSA) is 12.0 Å². The second-order valence-electron chi connectivity index (χ2n) is 4.28. The van der Waals surface area contributed by atoms with Gasteiger partial charge >= 0.3 is 6.18 Å². The Morgan fingerprint density at radius 2 is 1.71 bits per heavy atom. The number of nitrogens with one attached hydrogen (secondary N) is 1. The van der Waals surface area contributed by atoms with Gasteiger partial charge in [0.25, 0.3) is 0 Å². The average Bonchev–Trinajstić information content (AvgIpc) is 2.40. The predicted molar refractivity (Wildman–Crippen MR) is 82.9 cm³/mol. The monoisotopic (exact) mass is 397 g/mol. The lowest BCUT2D eigenvalue weighted by atomic mass is 10.2. The fourth-order valence-corrected chi connectivity index (χ4v) is 2.54. The molecule has 0 saturated carbocycles. The molecule has 0 aliphatic carbocycles. The molecule has 0 radical (unpaired) electrons. The van der Waals surface area contributed by atoms with E-state index in [0.29, 0.717) is 17.3 Å². The molecule has 0 bridgehead atoms. The van der Waals surface area contributed by atoms with Crippen molar-refractivity contribution in [1.29, 1.82) is 0 Å². The van der Waals surface area contributed by atoms with E-state index in [1.165, 1.54) is 6.07 Å². The number of halogens is 6. The summed E-state index contributed by atoms with van der Waals surface area (Å²) >= 11 is 15.2. The van der Waals surface area contributed by atoms with Crippen LogP contribution in [0.2, 0.25) is 10.0 Å². The van der Waals surface area contributed by atoms with Crippen LogP contribution in [0.25, 0.3) is 0 Å². The van der Waals surface area contributed by atoms with Crippen molar-refractivity contribution >= 4 is 44.8 Å². The number of alkyl halides is 3. The molecule has 0 spiro atoms. The summed E-state index contributed by atoms with van der Waals surface area (Å²) in [6.07, 6.45) is -4.41. The summed E-state index contributed by atoms with van der Waals surface area (Å²) in [5.74, 6) is 0. The molecular formula is C14H9BrCl2F3N. The van der Waals surface area contributed by atoms with Crippen molar-refractivity contribution in [2.75, 3.05) is 5.32 Å². The van der Waals surface area contributed by atoms with Gasteiger partial charge in [-0.25, -0.2) is 0 Å². The van der Waals surface area contributed by atoms with Crippen LogP contribution in [0.4, 0.5) is 18.9 Å². The van der Waals surface area contributed by atoms with Crippen LogP contribution in [-0.2, 0) is 12.7 Å². The van der Waals surface area contributed by atoms with Crippen molar-refractivity contribution < 1.29 is 13.2 Å². The number of benzene rings is 2. The highest BCUT2D eigenvalue weighted by Gasteiger charge is 2.30. The lowest BCUT2D eigenvalue weighted by molar-refractivity contribution is -0.137. The summed E-state index contributed by atoms with van der Waals surface area (Å²) in [6.45, 7) is 0.351. The predicted octanol–water partition coefficient (Wildman–Crippen LogP) is 6.39. The number of rotatable bonds is 3. The van der Waals surface area contributed by atoms with Gasteiger partial charge in [-0.3, -0.25) is 0 Å². The Bertz CT molecular complexity index is 659. The van der Waals surface area contributed by atoms with E-state index in [4.69, 9.17) is 23.2 Å². The van der Waals surface area contributed by atoms with Crippen LogP contribution in [0.3, 0.4) is 0 Å². The maximum absolute atomic E-state index is 12.5. The first-order valence-corrected chi connectivity index (χ1v) is 7.37. The molecule has 0 aromatic heterocycles. The summed E-state index contributed by atoms with van der Waals surface area (Å²) < 4.78 is 38.5. The zero-order valence-electron chi connectivity index (χ0n) is 10.4. The van der Waals surface area contributed by atoms with Gasteiger partial charge in [0.2, 0.25) is 0 Å². The minimum atomic E-state index is -4.41. The quantitative estimate of drug-likeness (QED) is 0.631. The lowest BCUT2D eigenvalue weighted by Crippen LogP contribution is -2.06. The highest BCUT2D eigenvalue weighted by molar-refractivity contribution is 9.10. The average molecular weight is 399 g/mol. The molecule has 2 aromatic rings. The molecule has 2 aromatic carbocycles. The molecule has 0 aliphatic rings. The van der Waals surface area contributed by atoms with E-state index in [1.54, 1.807) is 12.1 Å². The Morgan fingerprint density at radius 3 is 2.33 bits per heavy atom. The molecule has 0 aliphatic heterocycles. The summed E-state index contributed by atoms with van der Waals surface area (Å²) in [6, 6.07) is 8.54. The maximum atomic E-state index is 12.5. The summed E-state index contributed by atoms with van der Waals surface area (Å²) in [5, 5.41) is 3.55. The van der Waals surface area contributed by atoms with Crippen molar-refractivity contribution in [3.8, 4) is 0 Å². The van der Waals surface area contributed by atoms with E-state index in [0.717, 1.165) is 22.2 Å². The Kier molecular flexibility index (Phi) is 5.07. The van der Waals surface area contributed by atoms with Gasteiger partial charge in [0, 0.05) is 16.0 Å².